The summed E-state index contributed by atoms with van der Waals surface area (Å²) < 4.78 is 19.4. The van der Waals surface area contributed by atoms with Crippen molar-refractivity contribution < 1.29 is 13.6 Å². The first-order valence-corrected chi connectivity index (χ1v) is 7.79. The van der Waals surface area contributed by atoms with E-state index in [1.165, 1.54) is 6.20 Å². The number of carbonyl (C=O) groups is 1. The molecule has 0 radical (unpaired) electrons. The second kappa shape index (κ2) is 6.40. The molecule has 5 nitrogen and oxygen atoms in total. The van der Waals surface area contributed by atoms with Crippen LogP contribution in [-0.4, -0.2) is 22.5 Å². The van der Waals surface area contributed by atoms with Gasteiger partial charge < -0.3 is 14.6 Å². The molecular formula is C17H20FN3O2. The predicted molar refractivity (Wildman–Crippen MR) is 83.3 cm³/mol. The maximum Gasteiger partial charge on any atom is 0.318 e. The molecular weight excluding hydrogens is 297 g/mol. The van der Waals surface area contributed by atoms with E-state index >= 15 is 0 Å². The lowest BCUT2D eigenvalue weighted by Gasteiger charge is -2.26. The van der Waals surface area contributed by atoms with Gasteiger partial charge in [0.2, 0.25) is 0 Å². The predicted octanol–water partition coefficient (Wildman–Crippen LogP) is 3.73. The molecule has 1 aliphatic heterocycles. The number of furan rings is 1. The normalized spacial score (nSPS) is 18.9. The average molecular weight is 317 g/mol. The van der Waals surface area contributed by atoms with Crippen molar-refractivity contribution >= 4 is 6.03 Å². The van der Waals surface area contributed by atoms with Crippen molar-refractivity contribution in [1.29, 1.82) is 0 Å². The number of hydrogen-bond acceptors (Lipinski definition) is 3. The van der Waals surface area contributed by atoms with Crippen LogP contribution in [0.3, 0.4) is 0 Å². The Hall–Kier alpha value is -2.37. The van der Waals surface area contributed by atoms with Crippen LogP contribution in [0.15, 0.2) is 35.0 Å². The van der Waals surface area contributed by atoms with E-state index in [1.807, 2.05) is 19.1 Å². The molecule has 122 valence electrons. The van der Waals surface area contributed by atoms with E-state index in [0.29, 0.717) is 12.1 Å². The van der Waals surface area contributed by atoms with Gasteiger partial charge in [-0.3, -0.25) is 4.98 Å². The Labute approximate surface area is 134 Å². The molecule has 0 bridgehead atoms. The molecule has 0 spiro atoms. The van der Waals surface area contributed by atoms with E-state index in [0.717, 1.165) is 30.6 Å². The molecule has 1 N–H and O–H groups in total. The Morgan fingerprint density at radius 2 is 2.30 bits per heavy atom. The largest absolute Gasteiger partial charge is 0.464 e. The van der Waals surface area contributed by atoms with E-state index in [-0.39, 0.29) is 12.1 Å². The molecule has 0 aliphatic carbocycles. The summed E-state index contributed by atoms with van der Waals surface area (Å²) in [5, 5.41) is 2.86. The van der Waals surface area contributed by atoms with Crippen LogP contribution in [-0.2, 0) is 0 Å². The number of pyridine rings is 1. The summed E-state index contributed by atoms with van der Waals surface area (Å²) in [6, 6.07) is 4.71. The molecule has 2 aromatic heterocycles. The number of carbonyl (C=O) groups excluding carboxylic acids is 1. The zero-order chi connectivity index (χ0) is 16.4. The highest BCUT2D eigenvalue weighted by Gasteiger charge is 2.32. The number of likely N-dealkylation sites (tertiary alicyclic amines) is 1. The second-order valence-electron chi connectivity index (χ2n) is 5.87. The zero-order valence-corrected chi connectivity index (χ0v) is 13.3. The van der Waals surface area contributed by atoms with E-state index in [4.69, 9.17) is 4.42 Å². The van der Waals surface area contributed by atoms with Crippen molar-refractivity contribution in [2.24, 2.45) is 0 Å². The van der Waals surface area contributed by atoms with Gasteiger partial charge in [-0.25, -0.2) is 9.18 Å². The van der Waals surface area contributed by atoms with Crippen LogP contribution in [0.5, 0.6) is 0 Å². The van der Waals surface area contributed by atoms with Crippen molar-refractivity contribution in [1.82, 2.24) is 15.2 Å². The van der Waals surface area contributed by atoms with Gasteiger partial charge in [0.05, 0.1) is 18.3 Å². The van der Waals surface area contributed by atoms with Crippen molar-refractivity contribution in [2.75, 3.05) is 6.54 Å². The monoisotopic (exact) mass is 317 g/mol. The van der Waals surface area contributed by atoms with Crippen molar-refractivity contribution in [3.05, 3.63) is 53.5 Å². The lowest BCUT2D eigenvalue weighted by Crippen LogP contribution is -2.40. The van der Waals surface area contributed by atoms with Crippen LogP contribution in [0, 0.1) is 12.7 Å². The van der Waals surface area contributed by atoms with Crippen LogP contribution < -0.4 is 5.32 Å². The second-order valence-corrected chi connectivity index (χ2v) is 5.87. The Kier molecular flexibility index (Phi) is 4.32. The average Bonchev–Trinajstić information content (AvgIpc) is 3.15. The van der Waals surface area contributed by atoms with Gasteiger partial charge in [-0.1, -0.05) is 0 Å². The molecule has 2 amide bonds. The number of nitrogens with one attached hydrogen (secondary N) is 1. The van der Waals surface area contributed by atoms with Gasteiger partial charge in [-0.15, -0.1) is 0 Å². The molecule has 3 heterocycles. The van der Waals surface area contributed by atoms with Gasteiger partial charge in [-0.05, 0) is 44.9 Å². The van der Waals surface area contributed by atoms with Gasteiger partial charge in [0.1, 0.15) is 17.3 Å². The van der Waals surface area contributed by atoms with Gasteiger partial charge in [-0.2, -0.15) is 0 Å². The Bertz CT molecular complexity index is 701. The standard InChI is InChI=1S/C17H20FN3O2/c1-11-5-6-16(23-11)15-4-3-9-21(15)17(22)20-12(2)13-7-8-19-10-14(13)18/h5-8,10,12,15H,3-4,9H2,1-2H3,(H,20,22)/t12-,15-/m0/s1. The van der Waals surface area contributed by atoms with Crippen LogP contribution >= 0.6 is 0 Å². The number of halogens is 1. The number of urea groups is 1. The summed E-state index contributed by atoms with van der Waals surface area (Å²) in [6.45, 7) is 4.32. The smallest absolute Gasteiger partial charge is 0.318 e. The summed E-state index contributed by atoms with van der Waals surface area (Å²) in [7, 11) is 0. The molecule has 1 saturated heterocycles. The first-order chi connectivity index (χ1) is 11.1. The van der Waals surface area contributed by atoms with Crippen molar-refractivity contribution in [3.8, 4) is 0 Å². The Balaban J connectivity index is 1.71. The third-order valence-electron chi connectivity index (χ3n) is 4.21. The fourth-order valence-electron chi connectivity index (χ4n) is 3.02. The van der Waals surface area contributed by atoms with Crippen LogP contribution in [0.1, 0.15) is 48.9 Å². The zero-order valence-electron chi connectivity index (χ0n) is 13.3. The van der Waals surface area contributed by atoms with E-state index in [9.17, 15) is 9.18 Å². The third-order valence-corrected chi connectivity index (χ3v) is 4.21. The quantitative estimate of drug-likeness (QED) is 0.938. The number of amides is 2. The minimum absolute atomic E-state index is 0.0572. The highest BCUT2D eigenvalue weighted by atomic mass is 19.1. The number of hydrogen-bond donors (Lipinski definition) is 1. The fraction of sp³-hybridized carbons (Fsp3) is 0.412. The summed E-state index contributed by atoms with van der Waals surface area (Å²) in [5.74, 6) is 1.22. The summed E-state index contributed by atoms with van der Waals surface area (Å²) in [5.41, 5.74) is 0.429. The van der Waals surface area contributed by atoms with Crippen molar-refractivity contribution in [3.63, 3.8) is 0 Å². The Morgan fingerprint density at radius 1 is 1.48 bits per heavy atom. The van der Waals surface area contributed by atoms with Gasteiger partial charge >= 0.3 is 6.03 Å². The van der Waals surface area contributed by atoms with E-state index in [1.54, 1.807) is 17.9 Å². The maximum absolute atomic E-state index is 13.8. The first kappa shape index (κ1) is 15.5. The van der Waals surface area contributed by atoms with E-state index < -0.39 is 11.9 Å². The highest BCUT2D eigenvalue weighted by molar-refractivity contribution is 5.75. The van der Waals surface area contributed by atoms with Crippen LogP contribution in [0.25, 0.3) is 0 Å². The third kappa shape index (κ3) is 3.21. The van der Waals surface area contributed by atoms with Gasteiger partial charge in [0.15, 0.2) is 0 Å². The highest BCUT2D eigenvalue weighted by Crippen LogP contribution is 2.33. The minimum atomic E-state index is -0.426. The molecule has 0 unspecified atom stereocenters. The summed E-state index contributed by atoms with van der Waals surface area (Å²) in [4.78, 5) is 18.1. The molecule has 1 fully saturated rings. The molecule has 6 heteroatoms. The molecule has 1 aliphatic rings. The molecule has 23 heavy (non-hydrogen) atoms. The number of rotatable bonds is 3. The summed E-state index contributed by atoms with van der Waals surface area (Å²) in [6.07, 6.45) is 4.47. The Morgan fingerprint density at radius 3 is 3.00 bits per heavy atom. The van der Waals surface area contributed by atoms with Crippen LogP contribution in [0.2, 0.25) is 0 Å². The number of aromatic nitrogens is 1. The summed E-state index contributed by atoms with van der Waals surface area (Å²) >= 11 is 0. The lowest BCUT2D eigenvalue weighted by atomic mass is 10.1. The molecule has 2 aromatic rings. The van der Waals surface area contributed by atoms with Crippen molar-refractivity contribution in [2.45, 2.75) is 38.8 Å². The number of nitrogens with zero attached hydrogens (tertiary/aromatic N) is 2. The minimum Gasteiger partial charge on any atom is -0.464 e. The lowest BCUT2D eigenvalue weighted by molar-refractivity contribution is 0.182. The van der Waals surface area contributed by atoms with E-state index in [2.05, 4.69) is 10.3 Å². The van der Waals surface area contributed by atoms with Crippen LogP contribution in [0.4, 0.5) is 9.18 Å². The van der Waals surface area contributed by atoms with Gasteiger partial charge in [0.25, 0.3) is 0 Å². The SMILES string of the molecule is Cc1ccc([C@@H]2CCCN2C(=O)N[C@@H](C)c2ccncc2F)o1. The molecule has 2 atom stereocenters. The first-order valence-electron chi connectivity index (χ1n) is 7.79. The maximum atomic E-state index is 13.8. The number of aryl methyl sites for hydroxylation is 1. The van der Waals surface area contributed by atoms with Gasteiger partial charge in [0, 0.05) is 18.3 Å². The topological polar surface area (TPSA) is 58.4 Å². The molecule has 0 aromatic carbocycles. The molecule has 0 saturated carbocycles. The fourth-order valence-corrected chi connectivity index (χ4v) is 3.02. The molecule has 3 rings (SSSR count).